The van der Waals surface area contributed by atoms with Crippen molar-refractivity contribution < 1.29 is 22.7 Å². The van der Waals surface area contributed by atoms with Gasteiger partial charge in [0.15, 0.2) is 9.84 Å². The fourth-order valence-corrected chi connectivity index (χ4v) is 3.94. The summed E-state index contributed by atoms with van der Waals surface area (Å²) in [5.41, 5.74) is 0. The Kier molecular flexibility index (Phi) is 7.77. The van der Waals surface area contributed by atoms with Gasteiger partial charge < -0.3 is 10.1 Å². The third kappa shape index (κ3) is 6.34. The Bertz CT molecular complexity index is 659. The molecule has 0 fully saturated rings. The van der Waals surface area contributed by atoms with E-state index in [0.29, 0.717) is 0 Å². The molecule has 1 aromatic rings. The summed E-state index contributed by atoms with van der Waals surface area (Å²) < 4.78 is 29.0. The summed E-state index contributed by atoms with van der Waals surface area (Å²) in [5.74, 6) is -1.64. The van der Waals surface area contributed by atoms with E-state index in [1.807, 2.05) is 0 Å². The van der Waals surface area contributed by atoms with Gasteiger partial charge in [-0.05, 0) is 19.1 Å². The van der Waals surface area contributed by atoms with E-state index in [1.54, 1.807) is 6.92 Å². The van der Waals surface area contributed by atoms with E-state index in [0.717, 1.165) is 0 Å². The van der Waals surface area contributed by atoms with Crippen LogP contribution in [0.2, 0.25) is 10.0 Å². The topological polar surface area (TPSA) is 102 Å². The first kappa shape index (κ1) is 19.7. The van der Waals surface area contributed by atoms with Crippen molar-refractivity contribution in [3.8, 4) is 0 Å². The van der Waals surface area contributed by atoms with Gasteiger partial charge >= 0.3 is 5.97 Å². The lowest BCUT2D eigenvalue weighted by atomic mass is 10.4. The minimum absolute atomic E-state index is 0.00561. The number of halogens is 2. The first-order valence-electron chi connectivity index (χ1n) is 6.57. The van der Waals surface area contributed by atoms with Gasteiger partial charge in [0.25, 0.3) is 0 Å². The molecule has 0 aliphatic heterocycles. The number of hydrogen-bond donors (Lipinski definition) is 2. The zero-order chi connectivity index (χ0) is 17.5. The van der Waals surface area contributed by atoms with E-state index in [-0.39, 0.29) is 34.6 Å². The normalized spacial score (nSPS) is 11.1. The summed E-state index contributed by atoms with van der Waals surface area (Å²) in [4.78, 5) is 22.3. The Morgan fingerprint density at radius 3 is 2.35 bits per heavy atom. The maximum Gasteiger partial charge on any atom is 0.325 e. The predicted octanol–water partition coefficient (Wildman–Crippen LogP) is 0.994. The maximum atomic E-state index is 12.2. The van der Waals surface area contributed by atoms with Crippen LogP contribution in [0.15, 0.2) is 23.1 Å². The average Bonchev–Trinajstić information content (AvgIpc) is 2.44. The average molecular weight is 383 g/mol. The lowest BCUT2D eigenvalue weighted by Gasteiger charge is -2.10. The highest BCUT2D eigenvalue weighted by Crippen LogP contribution is 2.29. The van der Waals surface area contributed by atoms with Crippen LogP contribution in [-0.4, -0.2) is 45.9 Å². The number of ether oxygens (including phenoxy) is 1. The Morgan fingerprint density at radius 1 is 1.17 bits per heavy atom. The first-order chi connectivity index (χ1) is 10.8. The van der Waals surface area contributed by atoms with Crippen molar-refractivity contribution in [3.05, 3.63) is 28.2 Å². The van der Waals surface area contributed by atoms with Crippen molar-refractivity contribution in [2.75, 3.05) is 25.6 Å². The van der Waals surface area contributed by atoms with Gasteiger partial charge in [-0.3, -0.25) is 14.9 Å². The molecule has 0 spiro atoms. The summed E-state index contributed by atoms with van der Waals surface area (Å²) in [7, 11) is -3.80. The van der Waals surface area contributed by atoms with Crippen molar-refractivity contribution in [2.45, 2.75) is 11.8 Å². The molecule has 1 aromatic carbocycles. The molecule has 0 heterocycles. The monoisotopic (exact) mass is 382 g/mol. The highest BCUT2D eigenvalue weighted by atomic mass is 35.5. The summed E-state index contributed by atoms with van der Waals surface area (Å²) in [6.07, 6.45) is 0. The van der Waals surface area contributed by atoms with Gasteiger partial charge in [-0.15, -0.1) is 0 Å². The number of benzene rings is 1. The van der Waals surface area contributed by atoms with Crippen LogP contribution in [0.25, 0.3) is 0 Å². The van der Waals surface area contributed by atoms with Gasteiger partial charge in [0.1, 0.15) is 17.3 Å². The van der Waals surface area contributed by atoms with E-state index in [1.165, 1.54) is 18.2 Å². The van der Waals surface area contributed by atoms with Crippen LogP contribution in [0.3, 0.4) is 0 Å². The lowest BCUT2D eigenvalue weighted by molar-refractivity contribution is -0.143. The molecule has 0 aliphatic carbocycles. The molecule has 0 aromatic heterocycles. The number of carbonyl (C=O) groups excluding carboxylic acids is 2. The third-order valence-electron chi connectivity index (χ3n) is 2.54. The predicted molar refractivity (Wildman–Crippen MR) is 86.2 cm³/mol. The lowest BCUT2D eigenvalue weighted by Crippen LogP contribution is -2.38. The molecule has 128 valence electrons. The highest BCUT2D eigenvalue weighted by Gasteiger charge is 2.21. The van der Waals surface area contributed by atoms with Crippen LogP contribution < -0.4 is 10.6 Å². The minimum Gasteiger partial charge on any atom is -0.465 e. The first-order valence-corrected chi connectivity index (χ1v) is 8.98. The van der Waals surface area contributed by atoms with Crippen LogP contribution >= 0.6 is 23.2 Å². The number of hydrogen-bond acceptors (Lipinski definition) is 6. The molecular formula is C13H16Cl2N2O5S. The van der Waals surface area contributed by atoms with Gasteiger partial charge in [-0.2, -0.15) is 0 Å². The van der Waals surface area contributed by atoms with E-state index < -0.39 is 27.6 Å². The SMILES string of the molecule is CCOC(=O)CNC(=O)CNCS(=O)(=O)c1c(Cl)cccc1Cl. The smallest absolute Gasteiger partial charge is 0.325 e. The zero-order valence-corrected chi connectivity index (χ0v) is 14.6. The minimum atomic E-state index is -3.80. The molecule has 0 saturated carbocycles. The molecule has 0 atom stereocenters. The number of carbonyl (C=O) groups is 2. The molecule has 0 bridgehead atoms. The van der Waals surface area contributed by atoms with Crippen molar-refractivity contribution in [2.24, 2.45) is 0 Å². The molecule has 1 amide bonds. The number of rotatable bonds is 8. The van der Waals surface area contributed by atoms with Gasteiger partial charge in [-0.25, -0.2) is 8.42 Å². The maximum absolute atomic E-state index is 12.2. The van der Waals surface area contributed by atoms with Gasteiger partial charge in [0.05, 0.1) is 23.2 Å². The van der Waals surface area contributed by atoms with Crippen molar-refractivity contribution in [1.82, 2.24) is 10.6 Å². The van der Waals surface area contributed by atoms with Gasteiger partial charge in [-0.1, -0.05) is 29.3 Å². The van der Waals surface area contributed by atoms with E-state index in [4.69, 9.17) is 23.2 Å². The molecule has 0 unspecified atom stereocenters. The summed E-state index contributed by atoms with van der Waals surface area (Å²) in [5, 5.41) is 4.77. The number of amides is 1. The molecule has 7 nitrogen and oxygen atoms in total. The summed E-state index contributed by atoms with van der Waals surface area (Å²) in [6.45, 7) is 1.29. The molecular weight excluding hydrogens is 367 g/mol. The highest BCUT2D eigenvalue weighted by molar-refractivity contribution is 7.91. The second kappa shape index (κ2) is 9.07. The summed E-state index contributed by atoms with van der Waals surface area (Å²) in [6, 6.07) is 4.35. The second-order valence-electron chi connectivity index (χ2n) is 4.32. The van der Waals surface area contributed by atoms with Gasteiger partial charge in [0, 0.05) is 0 Å². The van der Waals surface area contributed by atoms with Crippen LogP contribution in [0.1, 0.15) is 6.92 Å². The fourth-order valence-electron chi connectivity index (χ4n) is 1.60. The van der Waals surface area contributed by atoms with Crippen LogP contribution in [0.5, 0.6) is 0 Å². The Labute approximate surface area is 144 Å². The van der Waals surface area contributed by atoms with Crippen LogP contribution in [0.4, 0.5) is 0 Å². The zero-order valence-electron chi connectivity index (χ0n) is 12.3. The molecule has 23 heavy (non-hydrogen) atoms. The van der Waals surface area contributed by atoms with Crippen molar-refractivity contribution in [3.63, 3.8) is 0 Å². The largest absolute Gasteiger partial charge is 0.465 e. The second-order valence-corrected chi connectivity index (χ2v) is 7.06. The molecule has 0 radical (unpaired) electrons. The van der Waals surface area contributed by atoms with Crippen LogP contribution in [-0.2, 0) is 24.2 Å². The van der Waals surface area contributed by atoms with Gasteiger partial charge in [0.2, 0.25) is 5.91 Å². The van der Waals surface area contributed by atoms with E-state index >= 15 is 0 Å². The van der Waals surface area contributed by atoms with E-state index in [2.05, 4.69) is 15.4 Å². The van der Waals surface area contributed by atoms with E-state index in [9.17, 15) is 18.0 Å². The van der Waals surface area contributed by atoms with Crippen LogP contribution in [0, 0.1) is 0 Å². The van der Waals surface area contributed by atoms with Crippen molar-refractivity contribution in [1.29, 1.82) is 0 Å². The van der Waals surface area contributed by atoms with Crippen molar-refractivity contribution >= 4 is 44.9 Å². The standard InChI is InChI=1S/C13H16Cl2N2O5S/c1-2-22-12(19)7-17-11(18)6-16-8-23(20,21)13-9(14)4-3-5-10(13)15/h3-5,16H,2,6-8H2,1H3,(H,17,18). The molecule has 10 heteroatoms. The Morgan fingerprint density at radius 2 is 1.78 bits per heavy atom. The Balaban J connectivity index is 2.52. The quantitative estimate of drug-likeness (QED) is 0.650. The summed E-state index contributed by atoms with van der Waals surface area (Å²) >= 11 is 11.7. The third-order valence-corrected chi connectivity index (χ3v) is 5.04. The number of nitrogens with one attached hydrogen (secondary N) is 2. The number of esters is 1. The fraction of sp³-hybridized carbons (Fsp3) is 0.385. The molecule has 0 saturated heterocycles. The number of sulfone groups is 1. The molecule has 1 rings (SSSR count). The molecule has 2 N–H and O–H groups in total. The Hall–Kier alpha value is -1.35. The molecule has 0 aliphatic rings.